The molecule has 10 heteroatoms. The number of rotatable bonds is 11. The number of carbonyl (C=O) groups excluding carboxylic acids is 1. The first-order valence-corrected chi connectivity index (χ1v) is 13.8. The molecule has 40 heavy (non-hydrogen) atoms. The van der Waals surface area contributed by atoms with Crippen molar-refractivity contribution in [3.8, 4) is 17.2 Å². The SMILES string of the molecule is CCCOc1c(OC)cccc1[C@H]1C(C(=O)OCCOC)=C(C)N=c2s/c(=C/c3ccc(OC)cc3C)c(=O)n21. The molecule has 212 valence electrons. The molecule has 2 aromatic carbocycles. The number of fused-ring (bicyclic) bond motifs is 1. The number of esters is 1. The van der Waals surface area contributed by atoms with Gasteiger partial charge in [-0.1, -0.05) is 36.5 Å². The van der Waals surface area contributed by atoms with Crippen molar-refractivity contribution in [1.29, 1.82) is 0 Å². The van der Waals surface area contributed by atoms with E-state index in [2.05, 4.69) is 4.99 Å². The molecule has 0 saturated heterocycles. The van der Waals surface area contributed by atoms with Crippen LogP contribution in [0.3, 0.4) is 0 Å². The molecule has 1 aliphatic rings. The zero-order valence-electron chi connectivity index (χ0n) is 23.6. The molecule has 1 atom stereocenters. The largest absolute Gasteiger partial charge is 0.497 e. The number of thiazole rings is 1. The Morgan fingerprint density at radius 2 is 1.88 bits per heavy atom. The van der Waals surface area contributed by atoms with Crippen LogP contribution in [0.25, 0.3) is 6.08 Å². The van der Waals surface area contributed by atoms with Crippen LogP contribution in [0.4, 0.5) is 0 Å². The van der Waals surface area contributed by atoms with Gasteiger partial charge in [0, 0.05) is 12.7 Å². The molecule has 0 amide bonds. The molecule has 0 unspecified atom stereocenters. The molecule has 0 aliphatic carbocycles. The van der Waals surface area contributed by atoms with Gasteiger partial charge in [-0.25, -0.2) is 9.79 Å². The van der Waals surface area contributed by atoms with Crippen molar-refractivity contribution in [1.82, 2.24) is 4.57 Å². The van der Waals surface area contributed by atoms with Crippen LogP contribution in [0.2, 0.25) is 0 Å². The second-order valence-corrected chi connectivity index (χ2v) is 10.2. The van der Waals surface area contributed by atoms with E-state index in [1.165, 1.54) is 18.4 Å². The summed E-state index contributed by atoms with van der Waals surface area (Å²) in [5.41, 5.74) is 2.89. The lowest BCUT2D eigenvalue weighted by atomic mass is 9.94. The Kier molecular flexibility index (Phi) is 9.44. The minimum Gasteiger partial charge on any atom is -0.497 e. The number of aromatic nitrogens is 1. The molecular weight excluding hydrogens is 532 g/mol. The average molecular weight is 567 g/mol. The highest BCUT2D eigenvalue weighted by Crippen LogP contribution is 2.40. The van der Waals surface area contributed by atoms with Crippen molar-refractivity contribution in [2.75, 3.05) is 41.2 Å². The zero-order chi connectivity index (χ0) is 28.8. The fourth-order valence-corrected chi connectivity index (χ4v) is 5.56. The molecule has 1 aromatic heterocycles. The fourth-order valence-electron chi connectivity index (χ4n) is 4.52. The maximum atomic E-state index is 14.0. The van der Waals surface area contributed by atoms with Gasteiger partial charge in [0.15, 0.2) is 16.3 Å². The third-order valence-corrected chi connectivity index (χ3v) is 7.48. The van der Waals surface area contributed by atoms with Gasteiger partial charge in [0.2, 0.25) is 0 Å². The summed E-state index contributed by atoms with van der Waals surface area (Å²) in [6.07, 6.45) is 2.61. The number of allylic oxidation sites excluding steroid dienone is 1. The molecule has 9 nitrogen and oxygen atoms in total. The average Bonchev–Trinajstić information content (AvgIpc) is 3.25. The van der Waals surface area contributed by atoms with Gasteiger partial charge in [-0.05, 0) is 55.7 Å². The van der Waals surface area contributed by atoms with Crippen LogP contribution in [0.15, 0.2) is 57.5 Å². The Balaban J connectivity index is 1.96. The number of hydrogen-bond donors (Lipinski definition) is 0. The number of para-hydroxylation sites is 1. The van der Waals surface area contributed by atoms with Crippen LogP contribution in [0, 0.1) is 6.92 Å². The van der Waals surface area contributed by atoms with Gasteiger partial charge in [-0.3, -0.25) is 9.36 Å². The number of carbonyl (C=O) groups is 1. The summed E-state index contributed by atoms with van der Waals surface area (Å²) < 4.78 is 29.7. The van der Waals surface area contributed by atoms with E-state index in [0.29, 0.717) is 38.7 Å². The Hall–Kier alpha value is -3.89. The van der Waals surface area contributed by atoms with Crippen LogP contribution in [-0.2, 0) is 14.3 Å². The second-order valence-electron chi connectivity index (χ2n) is 9.16. The van der Waals surface area contributed by atoms with Crippen LogP contribution in [0.5, 0.6) is 17.2 Å². The summed E-state index contributed by atoms with van der Waals surface area (Å²) >= 11 is 1.27. The second kappa shape index (κ2) is 13.0. The quantitative estimate of drug-likeness (QED) is 0.259. The standard InChI is InChI=1S/C30H34N2O7S/c1-7-13-38-27-22(9-8-10-23(27)37-6)26-25(29(34)39-15-14-35-4)19(3)31-30-32(26)28(33)24(40-30)17-20-11-12-21(36-5)16-18(20)2/h8-12,16-17,26H,7,13-15H2,1-6H3/b24-17+/t26-/m0/s1. The predicted octanol–water partition coefficient (Wildman–Crippen LogP) is 3.54. The number of hydrogen-bond acceptors (Lipinski definition) is 9. The molecule has 0 N–H and O–H groups in total. The summed E-state index contributed by atoms with van der Waals surface area (Å²) in [5, 5.41) is 0. The Bertz CT molecular complexity index is 1600. The Labute approximate surface area is 236 Å². The van der Waals surface area contributed by atoms with Crippen molar-refractivity contribution in [3.05, 3.63) is 84.0 Å². The highest BCUT2D eigenvalue weighted by atomic mass is 32.1. The lowest BCUT2D eigenvalue weighted by Crippen LogP contribution is -2.40. The molecule has 4 rings (SSSR count). The first-order valence-electron chi connectivity index (χ1n) is 13.0. The van der Waals surface area contributed by atoms with Gasteiger partial charge in [0.1, 0.15) is 18.4 Å². The van der Waals surface area contributed by atoms with Gasteiger partial charge in [0.25, 0.3) is 5.56 Å². The monoisotopic (exact) mass is 566 g/mol. The highest BCUT2D eigenvalue weighted by Gasteiger charge is 2.36. The summed E-state index contributed by atoms with van der Waals surface area (Å²) in [4.78, 5) is 32.7. The smallest absolute Gasteiger partial charge is 0.338 e. The van der Waals surface area contributed by atoms with Crippen molar-refractivity contribution in [2.45, 2.75) is 33.2 Å². The molecule has 0 spiro atoms. The summed E-state index contributed by atoms with van der Waals surface area (Å²) in [6.45, 7) is 6.45. The van der Waals surface area contributed by atoms with E-state index in [-0.39, 0.29) is 24.3 Å². The molecule has 0 fully saturated rings. The van der Waals surface area contributed by atoms with Crippen LogP contribution in [-0.4, -0.2) is 51.7 Å². The topological polar surface area (TPSA) is 97.6 Å². The van der Waals surface area contributed by atoms with E-state index in [0.717, 1.165) is 23.3 Å². The summed E-state index contributed by atoms with van der Waals surface area (Å²) in [7, 11) is 4.70. The maximum Gasteiger partial charge on any atom is 0.338 e. The van der Waals surface area contributed by atoms with Gasteiger partial charge >= 0.3 is 5.97 Å². The zero-order valence-corrected chi connectivity index (χ0v) is 24.4. The predicted molar refractivity (Wildman–Crippen MR) is 153 cm³/mol. The molecule has 0 saturated carbocycles. The lowest BCUT2D eigenvalue weighted by molar-refractivity contribution is -0.140. The van der Waals surface area contributed by atoms with Crippen LogP contribution in [0.1, 0.15) is 43.0 Å². The maximum absolute atomic E-state index is 14.0. The van der Waals surface area contributed by atoms with Gasteiger partial charge in [0.05, 0.1) is 43.2 Å². The van der Waals surface area contributed by atoms with Crippen molar-refractivity contribution >= 4 is 23.4 Å². The number of benzene rings is 2. The van der Waals surface area contributed by atoms with E-state index in [1.807, 2.05) is 50.3 Å². The fraction of sp³-hybridized carbons (Fsp3) is 0.367. The summed E-state index contributed by atoms with van der Waals surface area (Å²) in [6, 6.07) is 10.3. The number of aryl methyl sites for hydroxylation is 1. The van der Waals surface area contributed by atoms with E-state index in [4.69, 9.17) is 23.7 Å². The van der Waals surface area contributed by atoms with E-state index in [9.17, 15) is 9.59 Å². The summed E-state index contributed by atoms with van der Waals surface area (Å²) in [5.74, 6) is 1.13. The lowest BCUT2D eigenvalue weighted by Gasteiger charge is -2.27. The van der Waals surface area contributed by atoms with Gasteiger partial charge < -0.3 is 23.7 Å². The Morgan fingerprint density at radius 1 is 1.07 bits per heavy atom. The number of methoxy groups -OCH3 is 3. The third kappa shape index (κ3) is 5.83. The van der Waals surface area contributed by atoms with Gasteiger partial charge in [-0.2, -0.15) is 0 Å². The van der Waals surface area contributed by atoms with Crippen molar-refractivity contribution in [3.63, 3.8) is 0 Å². The molecular formula is C30H34N2O7S. The van der Waals surface area contributed by atoms with E-state index >= 15 is 0 Å². The van der Waals surface area contributed by atoms with Crippen molar-refractivity contribution < 1.29 is 28.5 Å². The van der Waals surface area contributed by atoms with Crippen LogP contribution >= 0.6 is 11.3 Å². The Morgan fingerprint density at radius 3 is 2.55 bits per heavy atom. The molecule has 0 bridgehead atoms. The normalized spacial score (nSPS) is 14.9. The molecule has 1 aliphatic heterocycles. The van der Waals surface area contributed by atoms with E-state index < -0.39 is 12.0 Å². The molecule has 3 aromatic rings. The van der Waals surface area contributed by atoms with Gasteiger partial charge in [-0.15, -0.1) is 0 Å². The molecule has 0 radical (unpaired) electrons. The first-order chi connectivity index (χ1) is 19.3. The van der Waals surface area contributed by atoms with Crippen LogP contribution < -0.4 is 29.1 Å². The van der Waals surface area contributed by atoms with Crippen molar-refractivity contribution in [2.24, 2.45) is 4.99 Å². The number of nitrogens with zero attached hydrogens (tertiary/aromatic N) is 2. The van der Waals surface area contributed by atoms with E-state index in [1.54, 1.807) is 31.8 Å². The highest BCUT2D eigenvalue weighted by molar-refractivity contribution is 7.07. The third-order valence-electron chi connectivity index (χ3n) is 6.50. The number of ether oxygens (including phenoxy) is 5. The first kappa shape index (κ1) is 29.1. The molecule has 2 heterocycles. The minimum absolute atomic E-state index is 0.0668. The minimum atomic E-state index is -0.840.